The molecule has 2 aromatic heterocycles. The van der Waals surface area contributed by atoms with E-state index in [1.807, 2.05) is 17.8 Å². The summed E-state index contributed by atoms with van der Waals surface area (Å²) in [5.41, 5.74) is 12.7. The smallest absolute Gasteiger partial charge is 0.235 e. The molecule has 3 nitrogen and oxygen atoms in total. The molecule has 7 aromatic carbocycles. The summed E-state index contributed by atoms with van der Waals surface area (Å²) in [7, 11) is 0. The van der Waals surface area contributed by atoms with Crippen molar-refractivity contribution in [3.8, 4) is 28.3 Å². The Hall–Kier alpha value is -5.97. The van der Waals surface area contributed by atoms with E-state index in [1.54, 1.807) is 0 Å². The zero-order chi connectivity index (χ0) is 32.1. The molecule has 9 aromatic rings. The van der Waals surface area contributed by atoms with Gasteiger partial charge in [0.25, 0.3) is 0 Å². The number of para-hydroxylation sites is 2. The molecule has 1 aliphatic heterocycles. The minimum Gasteiger partial charge on any atom is -0.278 e. The van der Waals surface area contributed by atoms with E-state index in [0.29, 0.717) is 5.95 Å². The first kappa shape index (κ1) is 27.0. The van der Waals surface area contributed by atoms with E-state index in [4.69, 9.17) is 9.97 Å². The molecule has 49 heavy (non-hydrogen) atoms. The molecule has 0 saturated carbocycles. The van der Waals surface area contributed by atoms with Crippen LogP contribution in [-0.2, 0) is 5.41 Å². The second-order valence-corrected chi connectivity index (χ2v) is 14.0. The Morgan fingerprint density at radius 2 is 1.08 bits per heavy atom. The molecule has 0 N–H and O–H groups in total. The molecule has 1 aliphatic carbocycles. The van der Waals surface area contributed by atoms with Crippen molar-refractivity contribution in [3.63, 3.8) is 0 Å². The average molecular weight is 642 g/mol. The van der Waals surface area contributed by atoms with Crippen molar-refractivity contribution in [2.24, 2.45) is 0 Å². The van der Waals surface area contributed by atoms with Crippen molar-refractivity contribution >= 4 is 44.5 Å². The molecule has 0 amide bonds. The van der Waals surface area contributed by atoms with E-state index in [2.05, 4.69) is 162 Å². The molecular weight excluding hydrogens is 615 g/mol. The van der Waals surface area contributed by atoms with Crippen molar-refractivity contribution in [2.75, 3.05) is 0 Å². The van der Waals surface area contributed by atoms with Crippen LogP contribution >= 0.6 is 11.8 Å². The van der Waals surface area contributed by atoms with Gasteiger partial charge in [-0.3, -0.25) is 4.57 Å². The van der Waals surface area contributed by atoms with Gasteiger partial charge in [-0.15, -0.1) is 0 Å². The molecule has 11 rings (SSSR count). The normalized spacial score (nSPS) is 13.8. The zero-order valence-corrected chi connectivity index (χ0v) is 27.2. The quantitative estimate of drug-likeness (QED) is 0.188. The van der Waals surface area contributed by atoms with E-state index < -0.39 is 5.41 Å². The van der Waals surface area contributed by atoms with E-state index in [1.165, 1.54) is 53.9 Å². The van der Waals surface area contributed by atoms with Crippen LogP contribution in [0.4, 0.5) is 0 Å². The minimum absolute atomic E-state index is 0.429. The molecule has 0 unspecified atom stereocenters. The largest absolute Gasteiger partial charge is 0.278 e. The van der Waals surface area contributed by atoms with Gasteiger partial charge in [-0.05, 0) is 63.7 Å². The molecule has 0 atom stereocenters. The van der Waals surface area contributed by atoms with Gasteiger partial charge in [0.1, 0.15) is 0 Å². The number of nitrogens with zero attached hydrogens (tertiary/aromatic N) is 3. The van der Waals surface area contributed by atoms with Crippen LogP contribution in [0.25, 0.3) is 61.0 Å². The zero-order valence-electron chi connectivity index (χ0n) is 26.3. The summed E-state index contributed by atoms with van der Waals surface area (Å²) >= 11 is 1.87. The molecule has 0 saturated heterocycles. The van der Waals surface area contributed by atoms with Gasteiger partial charge in [-0.2, -0.15) is 0 Å². The SMILES string of the molecule is c1ccc(-c2nc(-n3c4ccccc4c4cc5c(cc43)Sc3ccccc3C53c4ccccc4-c4ccccc43)nc3ccccc23)cc1. The summed E-state index contributed by atoms with van der Waals surface area (Å²) in [5.74, 6) is 0.677. The highest BCUT2D eigenvalue weighted by atomic mass is 32.2. The van der Waals surface area contributed by atoms with Crippen molar-refractivity contribution in [1.29, 1.82) is 0 Å². The predicted octanol–water partition coefficient (Wildman–Crippen LogP) is 11.2. The van der Waals surface area contributed by atoms with Crippen LogP contribution in [0.3, 0.4) is 0 Å². The number of fused-ring (bicyclic) bond motifs is 13. The maximum absolute atomic E-state index is 5.34. The fraction of sp³-hybridized carbons (Fsp3) is 0.0222. The number of rotatable bonds is 2. The summed E-state index contributed by atoms with van der Waals surface area (Å²) < 4.78 is 2.27. The predicted molar refractivity (Wildman–Crippen MR) is 201 cm³/mol. The van der Waals surface area contributed by atoms with Crippen molar-refractivity contribution in [3.05, 3.63) is 186 Å². The van der Waals surface area contributed by atoms with E-state index >= 15 is 0 Å². The van der Waals surface area contributed by atoms with E-state index in [9.17, 15) is 0 Å². The first-order chi connectivity index (χ1) is 24.3. The Bertz CT molecular complexity index is 2770. The molecule has 1 spiro atoms. The van der Waals surface area contributed by atoms with Crippen LogP contribution in [0, 0.1) is 0 Å². The van der Waals surface area contributed by atoms with Crippen molar-refractivity contribution in [1.82, 2.24) is 14.5 Å². The standard InChI is InChI=1S/C45H27N3S/c1-2-14-28(15-3-1)43-32-19-6-11-23-38(32)46-44(47-43)48-39-24-12-7-18-31(39)33-26-37-42(27-40(33)48)49-41-25-13-10-22-36(41)45(37)34-20-8-4-16-29(34)30-17-5-9-21-35(30)45/h1-27H. The maximum Gasteiger partial charge on any atom is 0.235 e. The van der Waals surface area contributed by atoms with Gasteiger partial charge in [0.2, 0.25) is 5.95 Å². The average Bonchev–Trinajstić information content (AvgIpc) is 3.64. The second kappa shape index (κ2) is 10.0. The van der Waals surface area contributed by atoms with Gasteiger partial charge in [0, 0.05) is 31.5 Å². The van der Waals surface area contributed by atoms with Gasteiger partial charge < -0.3 is 0 Å². The number of hydrogen-bond acceptors (Lipinski definition) is 3. The van der Waals surface area contributed by atoms with Crippen molar-refractivity contribution in [2.45, 2.75) is 15.2 Å². The Balaban J connectivity index is 1.26. The lowest BCUT2D eigenvalue weighted by atomic mass is 9.67. The van der Waals surface area contributed by atoms with Gasteiger partial charge >= 0.3 is 0 Å². The van der Waals surface area contributed by atoms with Crippen LogP contribution in [0.15, 0.2) is 174 Å². The third-order valence-electron chi connectivity index (χ3n) is 10.5. The molecule has 0 radical (unpaired) electrons. The van der Waals surface area contributed by atoms with Gasteiger partial charge in [-0.1, -0.05) is 145 Å². The maximum atomic E-state index is 5.34. The number of aromatic nitrogens is 3. The monoisotopic (exact) mass is 641 g/mol. The first-order valence-corrected chi connectivity index (χ1v) is 17.5. The molecule has 228 valence electrons. The second-order valence-electron chi connectivity index (χ2n) is 12.9. The van der Waals surface area contributed by atoms with Gasteiger partial charge in [-0.25, -0.2) is 9.97 Å². The summed E-state index contributed by atoms with van der Waals surface area (Å²) in [6.07, 6.45) is 0. The summed E-state index contributed by atoms with van der Waals surface area (Å²) in [5, 5.41) is 3.44. The third kappa shape index (κ3) is 3.59. The minimum atomic E-state index is -0.429. The Kier molecular flexibility index (Phi) is 5.53. The molecule has 2 aliphatic rings. The lowest BCUT2D eigenvalue weighted by Crippen LogP contribution is -2.32. The number of benzene rings is 7. The third-order valence-corrected chi connectivity index (χ3v) is 11.6. The topological polar surface area (TPSA) is 30.7 Å². The van der Waals surface area contributed by atoms with Crippen LogP contribution < -0.4 is 0 Å². The van der Waals surface area contributed by atoms with Crippen molar-refractivity contribution < 1.29 is 0 Å². The van der Waals surface area contributed by atoms with Crippen LogP contribution in [0.1, 0.15) is 22.3 Å². The fourth-order valence-electron chi connectivity index (χ4n) is 8.51. The summed E-state index contributed by atoms with van der Waals surface area (Å²) in [6, 6.07) is 59.3. The number of hydrogen-bond donors (Lipinski definition) is 0. The highest BCUT2D eigenvalue weighted by Crippen LogP contribution is 2.62. The van der Waals surface area contributed by atoms with Gasteiger partial charge in [0.15, 0.2) is 0 Å². The summed E-state index contributed by atoms with van der Waals surface area (Å²) in [4.78, 5) is 13.1. The Labute approximate surface area is 287 Å². The van der Waals surface area contributed by atoms with Gasteiger partial charge in [0.05, 0.1) is 27.7 Å². The molecule has 3 heterocycles. The highest BCUT2D eigenvalue weighted by Gasteiger charge is 2.50. The summed E-state index contributed by atoms with van der Waals surface area (Å²) in [6.45, 7) is 0. The van der Waals surface area contributed by atoms with E-state index in [0.717, 1.165) is 33.2 Å². The molecular formula is C45H27N3S. The van der Waals surface area contributed by atoms with Crippen LogP contribution in [0.5, 0.6) is 0 Å². The fourth-order valence-corrected chi connectivity index (χ4v) is 9.72. The Morgan fingerprint density at radius 3 is 1.88 bits per heavy atom. The van der Waals surface area contributed by atoms with Crippen LogP contribution in [0.2, 0.25) is 0 Å². The highest BCUT2D eigenvalue weighted by molar-refractivity contribution is 7.99. The molecule has 0 bridgehead atoms. The van der Waals surface area contributed by atoms with E-state index in [-0.39, 0.29) is 0 Å². The van der Waals surface area contributed by atoms with Crippen LogP contribution in [-0.4, -0.2) is 14.5 Å². The first-order valence-electron chi connectivity index (χ1n) is 16.7. The Morgan fingerprint density at radius 1 is 0.449 bits per heavy atom. The lowest BCUT2D eigenvalue weighted by Gasteiger charge is -2.39. The molecule has 0 fully saturated rings. The molecule has 4 heteroatoms. The lowest BCUT2D eigenvalue weighted by molar-refractivity contribution is 0.724.